The maximum absolute atomic E-state index is 12.7. The molecule has 0 bridgehead atoms. The van der Waals surface area contributed by atoms with Gasteiger partial charge in [0.1, 0.15) is 158 Å². The third-order valence-corrected chi connectivity index (χ3v) is 17.0. The number of amides is 2. The molecule has 36 heteroatoms. The van der Waals surface area contributed by atoms with Crippen molar-refractivity contribution in [3.63, 3.8) is 0 Å². The second-order valence-electron chi connectivity index (χ2n) is 23.0. The molecule has 32 atom stereocenters. The van der Waals surface area contributed by atoms with Crippen LogP contribution in [0.1, 0.15) is 19.4 Å². The predicted octanol–water partition coefficient (Wildman–Crippen LogP) is -12.8. The number of hydrogen-bond donors (Lipinski definition) is 21. The number of rotatable bonds is 23. The number of methoxy groups -OCH3 is 1. The van der Waals surface area contributed by atoms with Gasteiger partial charge in [-0.05, 0) is 24.1 Å². The first-order valence-corrected chi connectivity index (χ1v) is 28.4. The van der Waals surface area contributed by atoms with Crippen LogP contribution >= 0.6 is 0 Å². The average molecular weight is 1280 g/mol. The highest BCUT2D eigenvalue weighted by atomic mass is 16.8. The van der Waals surface area contributed by atoms with E-state index in [2.05, 4.69) is 10.6 Å². The Kier molecular flexibility index (Phi) is 24.2. The fraction of sp³-hybridized carbons (Fsp3) is 0.846. The Hall–Kier alpha value is -3.28. The molecule has 0 aliphatic carbocycles. The highest BCUT2D eigenvalue weighted by Gasteiger charge is 2.58. The van der Waals surface area contributed by atoms with E-state index >= 15 is 0 Å². The SMILES string of the molecule is COC1C(CO)OC(OC2C(CO)OC(OC3C(CO)OC(OC4C(CO)OC(OC5C(CO)OC(OC6C(CO)OC(Oc7ccc(CC8NC(=O)C(NC(=O)CN)C8(C)C)cc7)C(O)C6O)C(O)C5O)C(O)C4O)C(O)C3O)C(O)C2O)C(O)C1O. The second-order valence-corrected chi connectivity index (χ2v) is 23.0. The van der Waals surface area contributed by atoms with Crippen LogP contribution < -0.4 is 21.1 Å². The molecule has 0 radical (unpaired) electrons. The van der Waals surface area contributed by atoms with Crippen molar-refractivity contribution in [1.82, 2.24) is 10.6 Å². The minimum atomic E-state index is -2.20. The van der Waals surface area contributed by atoms with Gasteiger partial charge in [0, 0.05) is 18.6 Å². The Morgan fingerprint density at radius 1 is 0.477 bits per heavy atom. The fourth-order valence-corrected chi connectivity index (χ4v) is 11.7. The van der Waals surface area contributed by atoms with Crippen LogP contribution in [0.15, 0.2) is 24.3 Å². The van der Waals surface area contributed by atoms with Gasteiger partial charge in [-0.1, -0.05) is 26.0 Å². The van der Waals surface area contributed by atoms with E-state index in [-0.39, 0.29) is 24.2 Å². The van der Waals surface area contributed by atoms with Gasteiger partial charge >= 0.3 is 0 Å². The summed E-state index contributed by atoms with van der Waals surface area (Å²) >= 11 is 0. The van der Waals surface area contributed by atoms with E-state index < -0.39 is 241 Å². The van der Waals surface area contributed by atoms with Crippen LogP contribution in [0.5, 0.6) is 5.75 Å². The second kappa shape index (κ2) is 30.2. The van der Waals surface area contributed by atoms with Crippen molar-refractivity contribution < 1.29 is 163 Å². The molecule has 7 fully saturated rings. The molecule has 7 saturated heterocycles. The van der Waals surface area contributed by atoms with Gasteiger partial charge in [0.2, 0.25) is 18.1 Å². The Labute approximate surface area is 501 Å². The Balaban J connectivity index is 0.839. The smallest absolute Gasteiger partial charge is 0.243 e. The van der Waals surface area contributed by atoms with Gasteiger partial charge in [-0.25, -0.2) is 0 Å². The number of aliphatic hydroxyl groups is 18. The van der Waals surface area contributed by atoms with Crippen LogP contribution in [-0.2, 0) is 72.9 Å². The first kappa shape index (κ1) is 70.6. The Morgan fingerprint density at radius 2 is 0.761 bits per heavy atom. The number of ether oxygens (including phenoxy) is 13. The molecule has 32 unspecified atom stereocenters. The van der Waals surface area contributed by atoms with Crippen molar-refractivity contribution in [1.29, 1.82) is 0 Å². The van der Waals surface area contributed by atoms with Gasteiger partial charge in [-0.15, -0.1) is 0 Å². The summed E-state index contributed by atoms with van der Waals surface area (Å²) in [5, 5.41) is 201. The third-order valence-electron chi connectivity index (χ3n) is 17.0. The molecule has 7 aliphatic rings. The summed E-state index contributed by atoms with van der Waals surface area (Å²) in [5.41, 5.74) is 5.47. The van der Waals surface area contributed by atoms with Crippen molar-refractivity contribution in [3.8, 4) is 5.75 Å². The summed E-state index contributed by atoms with van der Waals surface area (Å²) in [6, 6.07) is 5.19. The van der Waals surface area contributed by atoms with Crippen LogP contribution in [0.4, 0.5) is 0 Å². The van der Waals surface area contributed by atoms with Gasteiger partial charge in [0.15, 0.2) is 31.5 Å². The van der Waals surface area contributed by atoms with Crippen molar-refractivity contribution in [3.05, 3.63) is 29.8 Å². The minimum absolute atomic E-state index is 0.145. The standard InChI is InChI=1S/C52H83N3O33/c1-52(2)24(54-45(75)44(52)55-25(62)9-53)8-16-4-6-17(7-5-16)77-46-33(70)27(64)39(19(11-57)79-46)85-48-35(72)29(66)41(21(13-59)81-48)87-50-37(74)31(68)43(23(15-61)83-50)88-51-36(73)30(67)42(22(14-60)82-51)86-49-34(71)28(65)40(20(12-58)80-49)84-47-32(69)26(63)38(76-3)18(10-56)78-47/h4-7,18-24,26-44,46-51,56-61,63-74H,8-15,53H2,1-3H3,(H,54,75)(H,55,62). The average Bonchev–Trinajstić information content (AvgIpc) is 3.47. The summed E-state index contributed by atoms with van der Waals surface area (Å²) in [4.78, 5) is 24.7. The predicted molar refractivity (Wildman–Crippen MR) is 279 cm³/mol. The summed E-state index contributed by atoms with van der Waals surface area (Å²) < 4.78 is 73.5. The van der Waals surface area contributed by atoms with E-state index in [1.807, 2.05) is 13.8 Å². The highest BCUT2D eigenvalue weighted by Crippen LogP contribution is 2.38. The first-order valence-electron chi connectivity index (χ1n) is 28.4. The molecule has 2 amide bonds. The summed E-state index contributed by atoms with van der Waals surface area (Å²) in [6.07, 6.45) is -55.1. The van der Waals surface area contributed by atoms with Crippen molar-refractivity contribution in [2.75, 3.05) is 53.3 Å². The van der Waals surface area contributed by atoms with E-state index in [0.717, 1.165) is 5.56 Å². The summed E-state index contributed by atoms with van der Waals surface area (Å²) in [6.45, 7) is -2.23. The first-order chi connectivity index (χ1) is 41.8. The zero-order valence-corrected chi connectivity index (χ0v) is 47.7. The molecule has 7 heterocycles. The van der Waals surface area contributed by atoms with Crippen LogP contribution in [0.25, 0.3) is 0 Å². The molecular weight excluding hydrogens is 1190 g/mol. The van der Waals surface area contributed by atoms with Crippen molar-refractivity contribution >= 4 is 11.8 Å². The molecule has 0 aromatic heterocycles. The van der Waals surface area contributed by atoms with E-state index in [4.69, 9.17) is 67.3 Å². The number of nitrogens with one attached hydrogen (secondary N) is 2. The largest absolute Gasteiger partial charge is 0.462 e. The van der Waals surface area contributed by atoms with Gasteiger partial charge in [0.05, 0.1) is 46.2 Å². The van der Waals surface area contributed by atoms with Gasteiger partial charge in [0.25, 0.3) is 0 Å². The number of carbonyl (C=O) groups excluding carboxylic acids is 2. The monoisotopic (exact) mass is 1280 g/mol. The van der Waals surface area contributed by atoms with Crippen LogP contribution in [0, 0.1) is 5.41 Å². The quantitative estimate of drug-likeness (QED) is 0.0484. The molecule has 36 nitrogen and oxygen atoms in total. The molecule has 1 aromatic rings. The molecule has 8 rings (SSSR count). The Morgan fingerprint density at radius 3 is 1.06 bits per heavy atom. The Bertz CT molecular complexity index is 2360. The van der Waals surface area contributed by atoms with Crippen molar-refractivity contribution in [2.24, 2.45) is 11.1 Å². The molecule has 0 spiro atoms. The molecular formula is C52H83N3O33. The summed E-state index contributed by atoms with van der Waals surface area (Å²) in [5.74, 6) is -0.703. The zero-order valence-electron chi connectivity index (χ0n) is 47.7. The van der Waals surface area contributed by atoms with Gasteiger partial charge in [-0.3, -0.25) is 9.59 Å². The third kappa shape index (κ3) is 14.6. The molecule has 7 aliphatic heterocycles. The van der Waals surface area contributed by atoms with E-state index in [0.29, 0.717) is 6.42 Å². The molecule has 504 valence electrons. The van der Waals surface area contributed by atoms with Crippen LogP contribution in [-0.4, -0.2) is 353 Å². The number of carbonyl (C=O) groups is 2. The molecule has 1 aromatic carbocycles. The van der Waals surface area contributed by atoms with Gasteiger partial charge < -0.3 is 170 Å². The number of aliphatic hydroxyl groups excluding tert-OH is 18. The van der Waals surface area contributed by atoms with Crippen LogP contribution in [0.2, 0.25) is 0 Å². The van der Waals surface area contributed by atoms with E-state index in [1.54, 1.807) is 12.1 Å². The maximum atomic E-state index is 12.7. The number of nitrogens with two attached hydrogens (primary N) is 1. The minimum Gasteiger partial charge on any atom is -0.462 e. The lowest BCUT2D eigenvalue weighted by Gasteiger charge is -2.50. The molecule has 0 saturated carbocycles. The number of benzene rings is 1. The van der Waals surface area contributed by atoms with Crippen LogP contribution in [0.3, 0.4) is 0 Å². The topological polar surface area (TPSA) is 568 Å². The zero-order chi connectivity index (χ0) is 64.4. The van der Waals surface area contributed by atoms with Gasteiger partial charge in [-0.2, -0.15) is 0 Å². The summed E-state index contributed by atoms with van der Waals surface area (Å²) in [7, 11) is 1.19. The lowest BCUT2D eigenvalue weighted by molar-refractivity contribution is -0.395. The van der Waals surface area contributed by atoms with E-state index in [9.17, 15) is 102 Å². The fourth-order valence-electron chi connectivity index (χ4n) is 11.7. The molecule has 88 heavy (non-hydrogen) atoms. The van der Waals surface area contributed by atoms with E-state index in [1.165, 1.54) is 19.2 Å². The lowest BCUT2D eigenvalue weighted by atomic mass is 9.78. The highest BCUT2D eigenvalue weighted by molar-refractivity contribution is 5.91. The number of hydrogen-bond acceptors (Lipinski definition) is 34. The normalized spacial score (nSPS) is 46.5. The maximum Gasteiger partial charge on any atom is 0.243 e. The lowest BCUT2D eigenvalue weighted by Crippen LogP contribution is -2.68. The van der Waals surface area contributed by atoms with Crippen molar-refractivity contribution in [2.45, 2.75) is 217 Å². The molecule has 22 N–H and O–H groups in total.